The summed E-state index contributed by atoms with van der Waals surface area (Å²) in [6.07, 6.45) is 0.228. The van der Waals surface area contributed by atoms with Crippen molar-refractivity contribution in [3.8, 4) is 0 Å². The number of carbonyl (C=O) groups excluding carboxylic acids is 1. The highest BCUT2D eigenvalue weighted by molar-refractivity contribution is 7.09. The summed E-state index contributed by atoms with van der Waals surface area (Å²) < 4.78 is 6.72. The van der Waals surface area contributed by atoms with Crippen LogP contribution in [0.25, 0.3) is 11.1 Å². The molecule has 0 unspecified atom stereocenters. The number of aromatic nitrogens is 2. The average molecular weight is 359 g/mol. The summed E-state index contributed by atoms with van der Waals surface area (Å²) in [5.41, 5.74) is 3.31. The molecule has 1 N–H and O–H groups in total. The number of benzene rings is 1. The number of hydrogen-bond acceptors (Lipinski definition) is 5. The van der Waals surface area contributed by atoms with Gasteiger partial charge in [0.25, 0.3) is 0 Å². The van der Waals surface area contributed by atoms with Crippen LogP contribution in [0.4, 0.5) is 0 Å². The maximum atomic E-state index is 12.1. The van der Waals surface area contributed by atoms with Crippen molar-refractivity contribution in [2.75, 3.05) is 6.54 Å². The van der Waals surface area contributed by atoms with Crippen LogP contribution in [0, 0.1) is 13.8 Å². The van der Waals surface area contributed by atoms with Gasteiger partial charge in [-0.3, -0.25) is 9.36 Å². The molecule has 0 aliphatic rings. The second kappa shape index (κ2) is 7.23. The van der Waals surface area contributed by atoms with Crippen molar-refractivity contribution in [2.45, 2.75) is 39.7 Å². The largest absolute Gasteiger partial charge is 0.419 e. The molecule has 7 heteroatoms. The monoisotopic (exact) mass is 359 g/mol. The highest BCUT2D eigenvalue weighted by atomic mass is 32.1. The van der Waals surface area contributed by atoms with Gasteiger partial charge >= 0.3 is 5.76 Å². The van der Waals surface area contributed by atoms with Gasteiger partial charge < -0.3 is 9.73 Å². The van der Waals surface area contributed by atoms with E-state index in [1.807, 2.05) is 38.3 Å². The number of aryl methyl sites for hydroxylation is 3. The second-order valence-electron chi connectivity index (χ2n) is 6.27. The van der Waals surface area contributed by atoms with E-state index in [0.29, 0.717) is 18.7 Å². The lowest BCUT2D eigenvalue weighted by atomic mass is 10.2. The van der Waals surface area contributed by atoms with Crippen LogP contribution in [-0.4, -0.2) is 22.0 Å². The summed E-state index contributed by atoms with van der Waals surface area (Å²) in [5.74, 6) is -0.350. The van der Waals surface area contributed by atoms with Crippen molar-refractivity contribution in [3.63, 3.8) is 0 Å². The van der Waals surface area contributed by atoms with Gasteiger partial charge in [0, 0.05) is 36.5 Å². The Morgan fingerprint density at radius 2 is 2.20 bits per heavy atom. The maximum Gasteiger partial charge on any atom is 0.419 e. The molecular weight excluding hydrogens is 338 g/mol. The van der Waals surface area contributed by atoms with E-state index in [2.05, 4.69) is 10.3 Å². The van der Waals surface area contributed by atoms with E-state index in [1.54, 1.807) is 17.4 Å². The topological polar surface area (TPSA) is 77.1 Å². The van der Waals surface area contributed by atoms with Crippen LogP contribution in [0.2, 0.25) is 0 Å². The zero-order valence-electron chi connectivity index (χ0n) is 14.5. The predicted molar refractivity (Wildman–Crippen MR) is 98.1 cm³/mol. The summed E-state index contributed by atoms with van der Waals surface area (Å²) in [5, 5.41) is 5.94. The first kappa shape index (κ1) is 17.4. The first-order valence-corrected chi connectivity index (χ1v) is 9.10. The van der Waals surface area contributed by atoms with Crippen molar-refractivity contribution in [2.24, 2.45) is 0 Å². The van der Waals surface area contributed by atoms with Crippen molar-refractivity contribution >= 4 is 28.3 Å². The lowest BCUT2D eigenvalue weighted by Gasteiger charge is -2.10. The maximum absolute atomic E-state index is 12.1. The molecule has 0 fully saturated rings. The summed E-state index contributed by atoms with van der Waals surface area (Å²) >= 11 is 1.61. The third kappa shape index (κ3) is 3.99. The van der Waals surface area contributed by atoms with E-state index in [0.717, 1.165) is 21.8 Å². The fraction of sp³-hybridized carbons (Fsp3) is 0.389. The smallest absolute Gasteiger partial charge is 0.408 e. The van der Waals surface area contributed by atoms with E-state index in [4.69, 9.17) is 4.42 Å². The molecule has 1 amide bonds. The molecule has 0 aliphatic heterocycles. The van der Waals surface area contributed by atoms with Crippen molar-refractivity contribution < 1.29 is 9.21 Å². The molecule has 0 bridgehead atoms. The predicted octanol–water partition coefficient (Wildman–Crippen LogP) is 2.98. The number of thiazole rings is 1. The first-order chi connectivity index (χ1) is 11.9. The SMILES string of the molecule is Cc1ccc2oc(=O)n(CCC(=O)NC[C@H](C)c3nc(C)cs3)c2c1. The minimum Gasteiger partial charge on any atom is -0.408 e. The molecule has 2 heterocycles. The molecule has 0 radical (unpaired) electrons. The van der Waals surface area contributed by atoms with Crippen LogP contribution in [0.3, 0.4) is 0 Å². The van der Waals surface area contributed by atoms with Crippen molar-refractivity contribution in [1.29, 1.82) is 0 Å². The normalized spacial score (nSPS) is 12.4. The van der Waals surface area contributed by atoms with Gasteiger partial charge in [0.05, 0.1) is 10.5 Å². The van der Waals surface area contributed by atoms with Gasteiger partial charge in [-0.1, -0.05) is 13.0 Å². The molecule has 0 saturated heterocycles. The number of carbonyl (C=O) groups is 1. The van der Waals surface area contributed by atoms with Crippen LogP contribution >= 0.6 is 11.3 Å². The van der Waals surface area contributed by atoms with Crippen LogP contribution in [-0.2, 0) is 11.3 Å². The zero-order valence-corrected chi connectivity index (χ0v) is 15.4. The zero-order chi connectivity index (χ0) is 18.0. The van der Waals surface area contributed by atoms with Gasteiger partial charge in [-0.05, 0) is 31.5 Å². The number of amides is 1. The number of nitrogens with one attached hydrogen (secondary N) is 1. The molecular formula is C18H21N3O3S. The van der Waals surface area contributed by atoms with E-state index in [9.17, 15) is 9.59 Å². The molecule has 0 aliphatic carbocycles. The van der Waals surface area contributed by atoms with Gasteiger partial charge in [0.1, 0.15) is 0 Å². The van der Waals surface area contributed by atoms with E-state index >= 15 is 0 Å². The first-order valence-electron chi connectivity index (χ1n) is 8.23. The Hall–Kier alpha value is -2.41. The Labute approximate surface area is 149 Å². The molecule has 0 spiro atoms. The van der Waals surface area contributed by atoms with Crippen molar-refractivity contribution in [1.82, 2.24) is 14.9 Å². The standard InChI is InChI=1S/C18H21N3O3S/c1-11-4-5-15-14(8-11)21(18(23)24-15)7-6-16(22)19-9-12(2)17-20-13(3)10-25-17/h4-5,8,10,12H,6-7,9H2,1-3H3,(H,19,22)/t12-/m0/s1. The quantitative estimate of drug-likeness (QED) is 0.734. The third-order valence-corrected chi connectivity index (χ3v) is 5.24. The fourth-order valence-electron chi connectivity index (χ4n) is 2.64. The minimum atomic E-state index is -0.431. The summed E-state index contributed by atoms with van der Waals surface area (Å²) in [4.78, 5) is 28.5. The summed E-state index contributed by atoms with van der Waals surface area (Å²) in [7, 11) is 0. The van der Waals surface area contributed by atoms with Gasteiger partial charge in [-0.2, -0.15) is 0 Å². The number of rotatable bonds is 6. The lowest BCUT2D eigenvalue weighted by molar-refractivity contribution is -0.121. The van der Waals surface area contributed by atoms with Gasteiger partial charge in [-0.15, -0.1) is 11.3 Å². The van der Waals surface area contributed by atoms with E-state index in [-0.39, 0.29) is 18.2 Å². The molecule has 132 valence electrons. The molecule has 25 heavy (non-hydrogen) atoms. The molecule has 3 rings (SSSR count). The Balaban J connectivity index is 1.58. The fourth-order valence-corrected chi connectivity index (χ4v) is 3.49. The average Bonchev–Trinajstić information content (AvgIpc) is 3.13. The van der Waals surface area contributed by atoms with Crippen LogP contribution < -0.4 is 11.1 Å². The molecule has 1 atom stereocenters. The molecule has 2 aromatic heterocycles. The third-order valence-electron chi connectivity index (χ3n) is 4.05. The number of nitrogens with zero attached hydrogens (tertiary/aromatic N) is 2. The molecule has 1 aromatic carbocycles. The molecule has 0 saturated carbocycles. The van der Waals surface area contributed by atoms with Gasteiger partial charge in [0.2, 0.25) is 5.91 Å². The summed E-state index contributed by atoms with van der Waals surface area (Å²) in [6, 6.07) is 5.56. The highest BCUT2D eigenvalue weighted by Crippen LogP contribution is 2.19. The van der Waals surface area contributed by atoms with E-state index < -0.39 is 5.76 Å². The summed E-state index contributed by atoms with van der Waals surface area (Å²) in [6.45, 7) is 6.78. The number of fused-ring (bicyclic) bond motifs is 1. The minimum absolute atomic E-state index is 0.0889. The Morgan fingerprint density at radius 3 is 2.92 bits per heavy atom. The van der Waals surface area contributed by atoms with Crippen molar-refractivity contribution in [3.05, 3.63) is 50.4 Å². The lowest BCUT2D eigenvalue weighted by Crippen LogP contribution is -2.29. The van der Waals surface area contributed by atoms with Crippen LogP contribution in [0.1, 0.15) is 35.5 Å². The Morgan fingerprint density at radius 1 is 1.40 bits per heavy atom. The van der Waals surface area contributed by atoms with Crippen LogP contribution in [0.15, 0.2) is 32.8 Å². The molecule has 6 nitrogen and oxygen atoms in total. The Kier molecular flexibility index (Phi) is 5.03. The Bertz CT molecular complexity index is 954. The number of hydrogen-bond donors (Lipinski definition) is 1. The molecule has 3 aromatic rings. The highest BCUT2D eigenvalue weighted by Gasteiger charge is 2.13. The van der Waals surface area contributed by atoms with Crippen LogP contribution in [0.5, 0.6) is 0 Å². The van der Waals surface area contributed by atoms with Gasteiger partial charge in [0.15, 0.2) is 5.58 Å². The van der Waals surface area contributed by atoms with E-state index in [1.165, 1.54) is 4.57 Å². The second-order valence-corrected chi connectivity index (χ2v) is 7.16. The number of oxazole rings is 1. The van der Waals surface area contributed by atoms with Gasteiger partial charge in [-0.25, -0.2) is 9.78 Å².